The number of hydrogen-bond acceptors (Lipinski definition) is 4. The monoisotopic (exact) mass is 402 g/mol. The van der Waals surface area contributed by atoms with E-state index in [0.29, 0.717) is 5.69 Å². The molecule has 1 N–H and O–H groups in total. The number of ether oxygens (including phenoxy) is 1. The summed E-state index contributed by atoms with van der Waals surface area (Å²) in [6.45, 7) is 1.74. The molecule has 1 atom stereocenters. The third-order valence-corrected chi connectivity index (χ3v) is 5.28. The summed E-state index contributed by atoms with van der Waals surface area (Å²) < 4.78 is 5.19. The van der Waals surface area contributed by atoms with Gasteiger partial charge in [0.15, 0.2) is 6.61 Å². The van der Waals surface area contributed by atoms with Crippen molar-refractivity contribution in [3.8, 4) is 0 Å². The molecule has 30 heavy (non-hydrogen) atoms. The van der Waals surface area contributed by atoms with Gasteiger partial charge in [0.1, 0.15) is 0 Å². The third kappa shape index (κ3) is 4.03. The Bertz CT molecular complexity index is 1120. The molecular weight excluding hydrogens is 380 g/mol. The van der Waals surface area contributed by atoms with Gasteiger partial charge in [0, 0.05) is 24.0 Å². The lowest BCUT2D eigenvalue weighted by Gasteiger charge is -2.18. The molecule has 6 heteroatoms. The highest BCUT2D eigenvalue weighted by atomic mass is 16.5. The van der Waals surface area contributed by atoms with Crippen LogP contribution in [0.25, 0.3) is 10.8 Å². The number of fused-ring (bicyclic) bond motifs is 1. The number of hydrogen-bond donors (Lipinski definition) is 1. The van der Waals surface area contributed by atoms with Crippen LogP contribution in [-0.4, -0.2) is 30.9 Å². The zero-order chi connectivity index (χ0) is 21.1. The molecule has 4 rings (SSSR count). The number of carbonyl (C=O) groups is 3. The predicted molar refractivity (Wildman–Crippen MR) is 115 cm³/mol. The van der Waals surface area contributed by atoms with Crippen LogP contribution < -0.4 is 10.2 Å². The molecule has 1 aliphatic heterocycles. The zero-order valence-corrected chi connectivity index (χ0v) is 16.6. The topological polar surface area (TPSA) is 75.7 Å². The average Bonchev–Trinajstić information content (AvgIpc) is 3.15. The first-order valence-electron chi connectivity index (χ1n) is 9.83. The highest BCUT2D eigenvalue weighted by Crippen LogP contribution is 2.32. The molecule has 0 radical (unpaired) electrons. The number of aryl methyl sites for hydroxylation is 1. The molecule has 0 bridgehead atoms. The average molecular weight is 402 g/mol. The first-order valence-corrected chi connectivity index (χ1v) is 9.83. The zero-order valence-electron chi connectivity index (χ0n) is 16.6. The van der Waals surface area contributed by atoms with Gasteiger partial charge in [-0.3, -0.25) is 14.4 Å². The number of carbonyl (C=O) groups excluding carboxylic acids is 3. The molecule has 2 amide bonds. The molecule has 3 aromatic carbocycles. The van der Waals surface area contributed by atoms with Crippen molar-refractivity contribution in [3.63, 3.8) is 0 Å². The van der Waals surface area contributed by atoms with Gasteiger partial charge in [0.2, 0.25) is 5.91 Å². The molecule has 1 heterocycles. The Labute approximate surface area is 174 Å². The fourth-order valence-corrected chi connectivity index (χ4v) is 3.70. The van der Waals surface area contributed by atoms with Crippen LogP contribution in [0.5, 0.6) is 0 Å². The van der Waals surface area contributed by atoms with E-state index in [1.54, 1.807) is 11.0 Å². The largest absolute Gasteiger partial charge is 0.455 e. The summed E-state index contributed by atoms with van der Waals surface area (Å²) in [4.78, 5) is 38.8. The maximum absolute atomic E-state index is 12.6. The van der Waals surface area contributed by atoms with Gasteiger partial charge < -0.3 is 15.0 Å². The number of nitrogens with one attached hydrogen (secondary N) is 1. The van der Waals surface area contributed by atoms with E-state index in [2.05, 4.69) is 5.32 Å². The molecule has 6 nitrogen and oxygen atoms in total. The van der Waals surface area contributed by atoms with E-state index in [1.807, 2.05) is 67.6 Å². The number of rotatable bonds is 5. The third-order valence-electron chi connectivity index (χ3n) is 5.28. The first-order chi connectivity index (χ1) is 14.5. The van der Waals surface area contributed by atoms with E-state index in [0.717, 1.165) is 22.0 Å². The van der Waals surface area contributed by atoms with Crippen LogP contribution in [0.2, 0.25) is 0 Å². The molecule has 3 aromatic rings. The highest BCUT2D eigenvalue weighted by molar-refractivity contribution is 6.06. The smallest absolute Gasteiger partial charge is 0.311 e. The Morgan fingerprint density at radius 3 is 2.60 bits per heavy atom. The summed E-state index contributed by atoms with van der Waals surface area (Å²) in [5.41, 5.74) is 2.38. The molecule has 0 aromatic heterocycles. The fraction of sp³-hybridized carbons (Fsp3) is 0.208. The van der Waals surface area contributed by atoms with Crippen LogP contribution in [-0.2, 0) is 19.1 Å². The van der Waals surface area contributed by atoms with Crippen molar-refractivity contribution < 1.29 is 19.1 Å². The van der Waals surface area contributed by atoms with E-state index in [-0.39, 0.29) is 25.5 Å². The SMILES string of the molecule is Cc1ccccc1NC(=O)COC(=O)[C@@H]1CC(=O)N(c2cccc3ccccc23)C1. The van der Waals surface area contributed by atoms with Gasteiger partial charge in [-0.25, -0.2) is 0 Å². The number of amides is 2. The highest BCUT2D eigenvalue weighted by Gasteiger charge is 2.36. The summed E-state index contributed by atoms with van der Waals surface area (Å²) >= 11 is 0. The van der Waals surface area contributed by atoms with E-state index < -0.39 is 17.8 Å². The maximum Gasteiger partial charge on any atom is 0.311 e. The molecule has 152 valence electrons. The normalized spacial score (nSPS) is 16.0. The van der Waals surface area contributed by atoms with E-state index >= 15 is 0 Å². The summed E-state index contributed by atoms with van der Waals surface area (Å²) in [7, 11) is 0. The lowest BCUT2D eigenvalue weighted by Crippen LogP contribution is -2.28. The van der Waals surface area contributed by atoms with Crippen LogP contribution in [0.15, 0.2) is 66.7 Å². The van der Waals surface area contributed by atoms with Gasteiger partial charge >= 0.3 is 5.97 Å². The van der Waals surface area contributed by atoms with Crippen LogP contribution in [0.3, 0.4) is 0 Å². The molecule has 0 aliphatic carbocycles. The van der Waals surface area contributed by atoms with Crippen molar-refractivity contribution in [2.75, 3.05) is 23.4 Å². The lowest BCUT2D eigenvalue weighted by molar-refractivity contribution is -0.151. The maximum atomic E-state index is 12.6. The molecule has 1 saturated heterocycles. The van der Waals surface area contributed by atoms with Crippen LogP contribution >= 0.6 is 0 Å². The van der Waals surface area contributed by atoms with Crippen molar-refractivity contribution >= 4 is 39.9 Å². The first kappa shape index (κ1) is 19.6. The number of anilines is 2. The van der Waals surface area contributed by atoms with E-state index in [4.69, 9.17) is 4.74 Å². The van der Waals surface area contributed by atoms with Crippen LogP contribution in [0, 0.1) is 12.8 Å². The summed E-state index contributed by atoms with van der Waals surface area (Å²) in [5, 5.41) is 4.71. The van der Waals surface area contributed by atoms with Crippen molar-refractivity contribution in [2.24, 2.45) is 5.92 Å². The van der Waals surface area contributed by atoms with E-state index in [9.17, 15) is 14.4 Å². The minimum atomic E-state index is -0.595. The van der Waals surface area contributed by atoms with Gasteiger partial charge in [-0.2, -0.15) is 0 Å². The summed E-state index contributed by atoms with van der Waals surface area (Å²) in [6.07, 6.45) is 0.0709. The van der Waals surface area contributed by atoms with Crippen LogP contribution in [0.1, 0.15) is 12.0 Å². The summed E-state index contributed by atoms with van der Waals surface area (Å²) in [6, 6.07) is 20.9. The van der Waals surface area contributed by atoms with E-state index in [1.165, 1.54) is 0 Å². The van der Waals surface area contributed by atoms with Gasteiger partial charge in [0.05, 0.1) is 11.6 Å². The number of benzene rings is 3. The predicted octanol–water partition coefficient (Wildman–Crippen LogP) is 3.68. The second-order valence-electron chi connectivity index (χ2n) is 7.37. The molecule has 0 spiro atoms. The molecule has 1 fully saturated rings. The molecular formula is C24H22N2O4. The van der Waals surface area contributed by atoms with Gasteiger partial charge in [-0.05, 0) is 30.0 Å². The van der Waals surface area contributed by atoms with Gasteiger partial charge in [-0.1, -0.05) is 54.6 Å². The number of nitrogens with zero attached hydrogens (tertiary/aromatic N) is 1. The standard InChI is InChI=1S/C24H22N2O4/c1-16-7-2-5-11-20(16)25-22(27)15-30-24(29)18-13-23(28)26(14-18)21-12-6-9-17-8-3-4-10-19(17)21/h2-12,18H,13-15H2,1H3,(H,25,27)/t18-/m1/s1. The Morgan fingerprint density at radius 2 is 1.77 bits per heavy atom. The Kier molecular flexibility index (Phi) is 5.48. The molecule has 0 unspecified atom stereocenters. The van der Waals surface area contributed by atoms with Gasteiger partial charge in [-0.15, -0.1) is 0 Å². The van der Waals surface area contributed by atoms with Gasteiger partial charge in [0.25, 0.3) is 5.91 Å². The molecule has 1 aliphatic rings. The van der Waals surface area contributed by atoms with Crippen molar-refractivity contribution in [2.45, 2.75) is 13.3 Å². The second kappa shape index (κ2) is 8.37. The van der Waals surface area contributed by atoms with Crippen molar-refractivity contribution in [1.82, 2.24) is 0 Å². The Balaban J connectivity index is 1.38. The second-order valence-corrected chi connectivity index (χ2v) is 7.37. The Morgan fingerprint density at radius 1 is 1.03 bits per heavy atom. The minimum absolute atomic E-state index is 0.0709. The fourth-order valence-electron chi connectivity index (χ4n) is 3.70. The van der Waals surface area contributed by atoms with Crippen molar-refractivity contribution in [1.29, 1.82) is 0 Å². The number of esters is 1. The quantitative estimate of drug-likeness (QED) is 0.661. The Hall–Kier alpha value is -3.67. The lowest BCUT2D eigenvalue weighted by atomic mass is 10.1. The van der Waals surface area contributed by atoms with Crippen molar-refractivity contribution in [3.05, 3.63) is 72.3 Å². The molecule has 0 saturated carbocycles. The number of para-hydroxylation sites is 1. The van der Waals surface area contributed by atoms with Crippen LogP contribution in [0.4, 0.5) is 11.4 Å². The summed E-state index contributed by atoms with van der Waals surface area (Å²) in [5.74, 6) is -1.67. The minimum Gasteiger partial charge on any atom is -0.455 e.